The Balaban J connectivity index is 1.45. The molecule has 1 aliphatic heterocycles. The molecule has 0 radical (unpaired) electrons. The Morgan fingerprint density at radius 2 is 1.89 bits per heavy atom. The van der Waals surface area contributed by atoms with Crippen LogP contribution in [0.25, 0.3) is 0 Å². The van der Waals surface area contributed by atoms with Crippen molar-refractivity contribution < 1.29 is 17.9 Å². The zero-order chi connectivity index (χ0) is 20.1. The summed E-state index contributed by atoms with van der Waals surface area (Å²) in [6.07, 6.45) is 1.19. The van der Waals surface area contributed by atoms with Crippen LogP contribution in [0.2, 0.25) is 0 Å². The Kier molecular flexibility index (Phi) is 6.74. The van der Waals surface area contributed by atoms with Gasteiger partial charge in [-0.15, -0.1) is 11.3 Å². The lowest BCUT2D eigenvalue weighted by Crippen LogP contribution is -2.47. The molecule has 3 rings (SSSR count). The largest absolute Gasteiger partial charge is 0.484 e. The van der Waals surface area contributed by atoms with Crippen molar-refractivity contribution in [1.29, 1.82) is 0 Å². The molecule has 2 aromatic rings. The molecule has 8 heteroatoms. The van der Waals surface area contributed by atoms with Crippen LogP contribution in [-0.2, 0) is 14.8 Å². The van der Waals surface area contributed by atoms with Gasteiger partial charge >= 0.3 is 0 Å². The first-order valence-electron chi connectivity index (χ1n) is 9.41. The maximum Gasteiger partial charge on any atom is 0.260 e. The number of nitrogens with zero attached hydrogens (tertiary/aromatic N) is 1. The van der Waals surface area contributed by atoms with Crippen molar-refractivity contribution in [2.24, 2.45) is 0 Å². The van der Waals surface area contributed by atoms with Gasteiger partial charge in [-0.1, -0.05) is 32.0 Å². The molecular weight excluding hydrogens is 396 g/mol. The highest BCUT2D eigenvalue weighted by Crippen LogP contribution is 2.20. The molecule has 0 bridgehead atoms. The summed E-state index contributed by atoms with van der Waals surface area (Å²) in [5.74, 6) is 1.05. The highest BCUT2D eigenvalue weighted by Gasteiger charge is 2.27. The first-order chi connectivity index (χ1) is 13.3. The predicted molar refractivity (Wildman–Crippen MR) is 110 cm³/mol. The molecule has 1 amide bonds. The smallest absolute Gasteiger partial charge is 0.260 e. The maximum absolute atomic E-state index is 12.4. The summed E-state index contributed by atoms with van der Waals surface area (Å²) in [7, 11) is -3.47. The Morgan fingerprint density at radius 1 is 1.21 bits per heavy atom. The Bertz CT molecular complexity index is 869. The molecular formula is C20H26N2O4S2. The third kappa shape index (κ3) is 5.33. The number of benzene rings is 1. The molecule has 0 atom stereocenters. The number of likely N-dealkylation sites (tertiary alicyclic amines) is 1. The van der Waals surface area contributed by atoms with Gasteiger partial charge in [0.25, 0.3) is 5.91 Å². The first kappa shape index (κ1) is 20.8. The molecule has 1 fully saturated rings. The predicted octanol–water partition coefficient (Wildman–Crippen LogP) is 3.22. The Hall–Kier alpha value is -1.90. The van der Waals surface area contributed by atoms with E-state index in [1.54, 1.807) is 22.4 Å². The van der Waals surface area contributed by atoms with Crippen LogP contribution in [0, 0.1) is 0 Å². The van der Waals surface area contributed by atoms with E-state index in [1.807, 2.05) is 24.3 Å². The maximum atomic E-state index is 12.4. The summed E-state index contributed by atoms with van der Waals surface area (Å²) < 4.78 is 33.3. The van der Waals surface area contributed by atoms with Crippen LogP contribution in [0.15, 0.2) is 46.0 Å². The average molecular weight is 423 g/mol. The van der Waals surface area contributed by atoms with Gasteiger partial charge < -0.3 is 9.64 Å². The minimum atomic E-state index is -3.47. The van der Waals surface area contributed by atoms with E-state index in [9.17, 15) is 13.2 Å². The molecule has 6 nitrogen and oxygen atoms in total. The number of sulfonamides is 1. The highest BCUT2D eigenvalue weighted by atomic mass is 32.2. The summed E-state index contributed by atoms with van der Waals surface area (Å²) in [5, 5.41) is 1.74. The number of piperidine rings is 1. The van der Waals surface area contributed by atoms with Gasteiger partial charge in [0.05, 0.1) is 0 Å². The van der Waals surface area contributed by atoms with Crippen LogP contribution >= 0.6 is 11.3 Å². The van der Waals surface area contributed by atoms with E-state index in [4.69, 9.17) is 4.74 Å². The fourth-order valence-electron chi connectivity index (χ4n) is 3.13. The van der Waals surface area contributed by atoms with E-state index in [1.165, 1.54) is 16.9 Å². The standard InChI is InChI=1S/C20H26N2O4S2/c1-15(2)16-5-7-18(8-6-16)26-14-19(23)22-11-9-17(10-12-22)21-28(24,25)20-4-3-13-27-20/h3-8,13,15,17,21H,9-12,14H2,1-2H3. The molecule has 0 saturated carbocycles. The van der Waals surface area contributed by atoms with Crippen molar-refractivity contribution in [3.63, 3.8) is 0 Å². The molecule has 2 heterocycles. The molecule has 152 valence electrons. The van der Waals surface area contributed by atoms with E-state index in [0.717, 1.165) is 0 Å². The summed E-state index contributed by atoms with van der Waals surface area (Å²) in [5.41, 5.74) is 1.23. The SMILES string of the molecule is CC(C)c1ccc(OCC(=O)N2CCC(NS(=O)(=O)c3cccs3)CC2)cc1. The number of ether oxygens (including phenoxy) is 1. The summed E-state index contributed by atoms with van der Waals surface area (Å²) in [6.45, 7) is 5.29. The topological polar surface area (TPSA) is 75.7 Å². The fourth-order valence-corrected chi connectivity index (χ4v) is 5.44. The zero-order valence-electron chi connectivity index (χ0n) is 16.1. The van der Waals surface area contributed by atoms with Crippen molar-refractivity contribution in [3.05, 3.63) is 47.3 Å². The van der Waals surface area contributed by atoms with Gasteiger partial charge in [-0.25, -0.2) is 13.1 Å². The van der Waals surface area contributed by atoms with Gasteiger partial charge in [-0.05, 0) is 47.9 Å². The molecule has 0 aliphatic carbocycles. The van der Waals surface area contributed by atoms with Crippen LogP contribution in [0.4, 0.5) is 0 Å². The first-order valence-corrected chi connectivity index (χ1v) is 11.8. The second-order valence-corrected chi connectivity index (χ2v) is 10.1. The number of nitrogens with one attached hydrogen (secondary N) is 1. The molecule has 28 heavy (non-hydrogen) atoms. The number of hydrogen-bond acceptors (Lipinski definition) is 5. The lowest BCUT2D eigenvalue weighted by atomic mass is 10.0. The van der Waals surface area contributed by atoms with Crippen LogP contribution in [0.3, 0.4) is 0 Å². The van der Waals surface area contributed by atoms with Gasteiger partial charge in [-0.2, -0.15) is 0 Å². The summed E-state index contributed by atoms with van der Waals surface area (Å²) in [6, 6.07) is 10.9. The second-order valence-electron chi connectivity index (χ2n) is 7.22. The number of hydrogen-bond donors (Lipinski definition) is 1. The Morgan fingerprint density at radius 3 is 2.46 bits per heavy atom. The van der Waals surface area contributed by atoms with E-state index >= 15 is 0 Å². The third-order valence-corrected chi connectivity index (χ3v) is 7.76. The van der Waals surface area contributed by atoms with Crippen molar-refractivity contribution >= 4 is 27.3 Å². The van der Waals surface area contributed by atoms with E-state index < -0.39 is 10.0 Å². The van der Waals surface area contributed by atoms with E-state index in [-0.39, 0.29) is 18.6 Å². The van der Waals surface area contributed by atoms with E-state index in [0.29, 0.717) is 41.8 Å². The van der Waals surface area contributed by atoms with Gasteiger partial charge in [0.1, 0.15) is 9.96 Å². The molecule has 1 aromatic heterocycles. The van der Waals surface area contributed by atoms with Crippen LogP contribution in [0.1, 0.15) is 38.2 Å². The molecule has 1 N–H and O–H groups in total. The third-order valence-electron chi connectivity index (χ3n) is 4.84. The van der Waals surface area contributed by atoms with E-state index in [2.05, 4.69) is 18.6 Å². The normalized spacial score (nSPS) is 15.8. The molecule has 1 saturated heterocycles. The van der Waals surface area contributed by atoms with Crippen LogP contribution in [0.5, 0.6) is 5.75 Å². The molecule has 0 unspecified atom stereocenters. The lowest BCUT2D eigenvalue weighted by molar-refractivity contribution is -0.134. The molecule has 0 spiro atoms. The van der Waals surface area contributed by atoms with Gasteiger partial charge in [-0.3, -0.25) is 4.79 Å². The lowest BCUT2D eigenvalue weighted by Gasteiger charge is -2.32. The van der Waals surface area contributed by atoms with Crippen molar-refractivity contribution in [2.75, 3.05) is 19.7 Å². The number of carbonyl (C=O) groups excluding carboxylic acids is 1. The molecule has 1 aliphatic rings. The summed E-state index contributed by atoms with van der Waals surface area (Å²) in [4.78, 5) is 14.1. The fraction of sp³-hybridized carbons (Fsp3) is 0.450. The highest BCUT2D eigenvalue weighted by molar-refractivity contribution is 7.91. The number of amides is 1. The minimum Gasteiger partial charge on any atom is -0.484 e. The minimum absolute atomic E-state index is 0.00733. The van der Waals surface area contributed by atoms with Crippen LogP contribution in [-0.4, -0.2) is 45.0 Å². The number of rotatable bonds is 7. The zero-order valence-corrected chi connectivity index (χ0v) is 17.8. The van der Waals surface area contributed by atoms with Gasteiger partial charge in [0, 0.05) is 19.1 Å². The molecule has 1 aromatic carbocycles. The number of carbonyl (C=O) groups is 1. The van der Waals surface area contributed by atoms with Crippen LogP contribution < -0.4 is 9.46 Å². The summed E-state index contributed by atoms with van der Waals surface area (Å²) >= 11 is 1.20. The quantitative estimate of drug-likeness (QED) is 0.743. The van der Waals surface area contributed by atoms with Crippen molar-refractivity contribution in [2.45, 2.75) is 42.9 Å². The van der Waals surface area contributed by atoms with Crippen molar-refractivity contribution in [3.8, 4) is 5.75 Å². The average Bonchev–Trinajstić information content (AvgIpc) is 3.22. The number of thiophene rings is 1. The van der Waals surface area contributed by atoms with Gasteiger partial charge in [0.15, 0.2) is 6.61 Å². The second kappa shape index (κ2) is 9.07. The van der Waals surface area contributed by atoms with Gasteiger partial charge in [0.2, 0.25) is 10.0 Å². The van der Waals surface area contributed by atoms with Crippen molar-refractivity contribution in [1.82, 2.24) is 9.62 Å². The Labute approximate surface area is 170 Å². The monoisotopic (exact) mass is 422 g/mol.